The second kappa shape index (κ2) is 7.32. The molecule has 0 aliphatic carbocycles. The quantitative estimate of drug-likeness (QED) is 0.751. The van der Waals surface area contributed by atoms with Gasteiger partial charge in [-0.3, -0.25) is 9.78 Å². The molecule has 0 unspecified atom stereocenters. The largest absolute Gasteiger partial charge is 0.497 e. The van der Waals surface area contributed by atoms with E-state index in [4.69, 9.17) is 4.74 Å². The second-order valence-electron chi connectivity index (χ2n) is 5.80. The third kappa shape index (κ3) is 3.61. The molecule has 1 atom stereocenters. The highest BCUT2D eigenvalue weighted by Gasteiger charge is 2.17. The minimum atomic E-state index is -0.459. The lowest BCUT2D eigenvalue weighted by atomic mass is 10.1. The van der Waals surface area contributed by atoms with Gasteiger partial charge in [-0.25, -0.2) is 0 Å². The zero-order valence-corrected chi connectivity index (χ0v) is 14.2. The van der Waals surface area contributed by atoms with Gasteiger partial charge in [-0.05, 0) is 30.7 Å². The lowest BCUT2D eigenvalue weighted by molar-refractivity contribution is 0.0915. The molecule has 0 aliphatic heterocycles. The van der Waals surface area contributed by atoms with Crippen molar-refractivity contribution >= 4 is 16.8 Å². The van der Waals surface area contributed by atoms with Crippen LogP contribution < -0.4 is 10.1 Å². The van der Waals surface area contributed by atoms with Crippen LogP contribution in [0.15, 0.2) is 54.6 Å². The Morgan fingerprint density at radius 3 is 2.64 bits per heavy atom. The number of benzene rings is 2. The number of aliphatic hydroxyl groups excluding tert-OH is 1. The molecule has 25 heavy (non-hydrogen) atoms. The average Bonchev–Trinajstić information content (AvgIpc) is 2.65. The molecule has 0 saturated carbocycles. The molecule has 2 aromatic carbocycles. The molecule has 3 rings (SSSR count). The Morgan fingerprint density at radius 1 is 1.20 bits per heavy atom. The van der Waals surface area contributed by atoms with Crippen LogP contribution in [0.3, 0.4) is 0 Å². The fourth-order valence-corrected chi connectivity index (χ4v) is 2.76. The van der Waals surface area contributed by atoms with Crippen LogP contribution in [0.4, 0.5) is 0 Å². The van der Waals surface area contributed by atoms with Crippen molar-refractivity contribution in [1.82, 2.24) is 10.3 Å². The SMILES string of the molecule is COc1ccc2cc(C(=O)N[C@H](CO)c3ccccc3)c(C)nc2c1. The van der Waals surface area contributed by atoms with Gasteiger partial charge in [-0.1, -0.05) is 30.3 Å². The number of fused-ring (bicyclic) bond motifs is 1. The summed E-state index contributed by atoms with van der Waals surface area (Å²) in [6.07, 6.45) is 0. The standard InChI is InChI=1S/C20H20N2O3/c1-13-17(10-15-8-9-16(25-2)11-18(15)21-13)20(24)22-19(12-23)14-6-4-3-5-7-14/h3-11,19,23H,12H2,1-2H3,(H,22,24)/t19-/m1/s1. The summed E-state index contributed by atoms with van der Waals surface area (Å²) < 4.78 is 5.21. The maximum absolute atomic E-state index is 12.7. The van der Waals surface area contributed by atoms with Crippen LogP contribution in [0.1, 0.15) is 27.7 Å². The van der Waals surface area contributed by atoms with Gasteiger partial charge in [-0.15, -0.1) is 0 Å². The molecule has 2 N–H and O–H groups in total. The second-order valence-corrected chi connectivity index (χ2v) is 5.80. The van der Waals surface area contributed by atoms with Crippen LogP contribution in [0, 0.1) is 6.92 Å². The van der Waals surface area contributed by atoms with E-state index in [1.165, 1.54) is 0 Å². The first-order valence-corrected chi connectivity index (χ1v) is 8.04. The Hall–Kier alpha value is -2.92. The van der Waals surface area contributed by atoms with E-state index in [0.29, 0.717) is 11.3 Å². The smallest absolute Gasteiger partial charge is 0.253 e. The molecular formula is C20H20N2O3. The number of nitrogens with zero attached hydrogens (tertiary/aromatic N) is 1. The molecule has 0 fully saturated rings. The van der Waals surface area contributed by atoms with Gasteiger partial charge in [0, 0.05) is 11.5 Å². The van der Waals surface area contributed by atoms with Crippen LogP contribution >= 0.6 is 0 Å². The van der Waals surface area contributed by atoms with E-state index in [-0.39, 0.29) is 12.5 Å². The summed E-state index contributed by atoms with van der Waals surface area (Å²) in [7, 11) is 1.61. The molecule has 3 aromatic rings. The minimum absolute atomic E-state index is 0.174. The third-order valence-corrected chi connectivity index (χ3v) is 4.15. The highest BCUT2D eigenvalue weighted by atomic mass is 16.5. The zero-order valence-electron chi connectivity index (χ0n) is 14.2. The maximum Gasteiger partial charge on any atom is 0.253 e. The van der Waals surface area contributed by atoms with E-state index >= 15 is 0 Å². The molecule has 5 nitrogen and oxygen atoms in total. The third-order valence-electron chi connectivity index (χ3n) is 4.15. The number of hydrogen-bond acceptors (Lipinski definition) is 4. The molecule has 0 aliphatic rings. The van der Waals surface area contributed by atoms with Crippen LogP contribution in [-0.2, 0) is 0 Å². The van der Waals surface area contributed by atoms with Crippen molar-refractivity contribution in [2.24, 2.45) is 0 Å². The molecule has 128 valence electrons. The van der Waals surface area contributed by atoms with E-state index in [9.17, 15) is 9.90 Å². The fraction of sp³-hybridized carbons (Fsp3) is 0.200. The summed E-state index contributed by atoms with van der Waals surface area (Å²) in [5.74, 6) is 0.464. The van der Waals surface area contributed by atoms with Gasteiger partial charge in [0.2, 0.25) is 0 Å². The Balaban J connectivity index is 1.90. The van der Waals surface area contributed by atoms with E-state index < -0.39 is 6.04 Å². The number of pyridine rings is 1. The van der Waals surface area contributed by atoms with E-state index in [1.807, 2.05) is 54.6 Å². The molecule has 1 heterocycles. The Kier molecular flexibility index (Phi) is 4.95. The lowest BCUT2D eigenvalue weighted by Gasteiger charge is -2.17. The number of methoxy groups -OCH3 is 1. The molecule has 0 bridgehead atoms. The van der Waals surface area contributed by atoms with Gasteiger partial charge in [0.15, 0.2) is 0 Å². The molecular weight excluding hydrogens is 316 g/mol. The summed E-state index contributed by atoms with van der Waals surface area (Å²) in [4.78, 5) is 17.2. The average molecular weight is 336 g/mol. The number of rotatable bonds is 5. The van der Waals surface area contributed by atoms with Gasteiger partial charge >= 0.3 is 0 Å². The Morgan fingerprint density at radius 2 is 1.96 bits per heavy atom. The van der Waals surface area contributed by atoms with Crippen LogP contribution in [0.2, 0.25) is 0 Å². The van der Waals surface area contributed by atoms with Crippen molar-refractivity contribution in [3.63, 3.8) is 0 Å². The first kappa shape index (κ1) is 16.9. The summed E-state index contributed by atoms with van der Waals surface area (Å²) in [5.41, 5.74) is 2.75. The summed E-state index contributed by atoms with van der Waals surface area (Å²) in [5, 5.41) is 13.4. The molecule has 1 amide bonds. The predicted molar refractivity (Wildman–Crippen MR) is 96.8 cm³/mol. The zero-order chi connectivity index (χ0) is 17.8. The Bertz CT molecular complexity index is 894. The van der Waals surface area contributed by atoms with Crippen molar-refractivity contribution in [1.29, 1.82) is 0 Å². The van der Waals surface area contributed by atoms with Crippen molar-refractivity contribution in [3.8, 4) is 5.75 Å². The van der Waals surface area contributed by atoms with E-state index in [2.05, 4.69) is 10.3 Å². The number of hydrogen-bond donors (Lipinski definition) is 2. The van der Waals surface area contributed by atoms with Crippen LogP contribution in [0.5, 0.6) is 5.75 Å². The van der Waals surface area contributed by atoms with E-state index in [0.717, 1.165) is 22.2 Å². The topological polar surface area (TPSA) is 71.5 Å². The number of ether oxygens (including phenoxy) is 1. The van der Waals surface area contributed by atoms with Crippen molar-refractivity contribution in [2.45, 2.75) is 13.0 Å². The monoisotopic (exact) mass is 336 g/mol. The van der Waals surface area contributed by atoms with Crippen molar-refractivity contribution in [2.75, 3.05) is 13.7 Å². The van der Waals surface area contributed by atoms with Gasteiger partial charge in [0.25, 0.3) is 5.91 Å². The van der Waals surface area contributed by atoms with Gasteiger partial charge in [0.05, 0.1) is 36.5 Å². The summed E-state index contributed by atoms with van der Waals surface area (Å²) >= 11 is 0. The lowest BCUT2D eigenvalue weighted by Crippen LogP contribution is -2.31. The molecule has 0 spiro atoms. The van der Waals surface area contributed by atoms with E-state index in [1.54, 1.807) is 14.0 Å². The number of aliphatic hydroxyl groups is 1. The van der Waals surface area contributed by atoms with Gasteiger partial charge in [0.1, 0.15) is 5.75 Å². The number of aromatic nitrogens is 1. The molecule has 1 aromatic heterocycles. The first-order valence-electron chi connectivity index (χ1n) is 8.04. The molecule has 0 saturated heterocycles. The molecule has 0 radical (unpaired) electrons. The first-order chi connectivity index (χ1) is 12.1. The number of nitrogens with one attached hydrogen (secondary N) is 1. The minimum Gasteiger partial charge on any atom is -0.497 e. The number of amides is 1. The predicted octanol–water partition coefficient (Wildman–Crippen LogP) is 3.02. The fourth-order valence-electron chi connectivity index (χ4n) is 2.76. The number of carbonyl (C=O) groups is 1. The summed E-state index contributed by atoms with van der Waals surface area (Å²) in [6, 6.07) is 16.3. The Labute approximate surface area is 146 Å². The van der Waals surface area contributed by atoms with Crippen molar-refractivity contribution < 1.29 is 14.6 Å². The maximum atomic E-state index is 12.7. The van der Waals surface area contributed by atoms with Gasteiger partial charge in [-0.2, -0.15) is 0 Å². The van der Waals surface area contributed by atoms with Gasteiger partial charge < -0.3 is 15.2 Å². The highest BCUT2D eigenvalue weighted by Crippen LogP contribution is 2.22. The number of aryl methyl sites for hydroxylation is 1. The molecule has 5 heteroatoms. The van der Waals surface area contributed by atoms with Crippen molar-refractivity contribution in [3.05, 3.63) is 71.4 Å². The van der Waals surface area contributed by atoms with Crippen LogP contribution in [-0.4, -0.2) is 29.7 Å². The summed E-state index contributed by atoms with van der Waals surface area (Å²) in [6.45, 7) is 1.62. The highest BCUT2D eigenvalue weighted by molar-refractivity contribution is 5.99. The number of carbonyl (C=O) groups excluding carboxylic acids is 1. The normalized spacial score (nSPS) is 12.0. The van der Waals surface area contributed by atoms with Crippen LogP contribution in [0.25, 0.3) is 10.9 Å².